The molecule has 0 saturated carbocycles. The third-order valence-corrected chi connectivity index (χ3v) is 3.37. The van der Waals surface area contributed by atoms with Crippen molar-refractivity contribution in [1.82, 2.24) is 0 Å². The molecular formula is C13H15ClFNO4. The van der Waals surface area contributed by atoms with Crippen molar-refractivity contribution in [2.75, 3.05) is 38.3 Å². The fraction of sp³-hybridized carbons (Fsp3) is 0.462. The summed E-state index contributed by atoms with van der Waals surface area (Å²) in [5.41, 5.74) is 0.0000876. The van der Waals surface area contributed by atoms with Gasteiger partial charge in [0.1, 0.15) is 12.2 Å². The van der Waals surface area contributed by atoms with Gasteiger partial charge in [-0.05, 0) is 12.5 Å². The second-order valence-corrected chi connectivity index (χ2v) is 4.79. The maximum Gasteiger partial charge on any atom is 0.342 e. The van der Waals surface area contributed by atoms with Crippen molar-refractivity contribution in [2.24, 2.45) is 0 Å². The average molecular weight is 304 g/mol. The predicted octanol–water partition coefficient (Wildman–Crippen LogP) is 2.41. The molecule has 1 aromatic carbocycles. The SMILES string of the molecule is COCCCN1CCOc2c1cc(Cl)c(F)c2C(=O)O. The van der Waals surface area contributed by atoms with Crippen LogP contribution in [0.15, 0.2) is 6.07 Å². The average Bonchev–Trinajstić information content (AvgIpc) is 2.40. The van der Waals surface area contributed by atoms with E-state index in [1.807, 2.05) is 4.90 Å². The first-order valence-corrected chi connectivity index (χ1v) is 6.56. The van der Waals surface area contributed by atoms with Crippen LogP contribution >= 0.6 is 11.6 Å². The number of ether oxygens (including phenoxy) is 2. The monoisotopic (exact) mass is 303 g/mol. The smallest absolute Gasteiger partial charge is 0.342 e. The van der Waals surface area contributed by atoms with Gasteiger partial charge in [0.25, 0.3) is 0 Å². The molecule has 0 spiro atoms. The molecule has 2 rings (SSSR count). The molecule has 1 N–H and O–H groups in total. The molecule has 0 atom stereocenters. The predicted molar refractivity (Wildman–Crippen MR) is 72.6 cm³/mol. The Labute approximate surface area is 120 Å². The Morgan fingerprint density at radius 1 is 1.65 bits per heavy atom. The van der Waals surface area contributed by atoms with Crippen LogP contribution in [0.5, 0.6) is 5.75 Å². The standard InChI is InChI=1S/C13H15ClFNO4/c1-19-5-2-3-16-4-6-20-12-9(16)7-8(14)11(15)10(12)13(17)18/h7H,2-6H2,1H3,(H,17,18). The van der Waals surface area contributed by atoms with Gasteiger partial charge in [-0.1, -0.05) is 11.6 Å². The minimum Gasteiger partial charge on any atom is -0.489 e. The first kappa shape index (κ1) is 14.9. The maximum absolute atomic E-state index is 13.8. The van der Waals surface area contributed by atoms with Gasteiger partial charge in [-0.25, -0.2) is 9.18 Å². The molecule has 1 heterocycles. The lowest BCUT2D eigenvalue weighted by Gasteiger charge is -2.32. The van der Waals surface area contributed by atoms with Gasteiger partial charge in [0, 0.05) is 20.3 Å². The molecule has 20 heavy (non-hydrogen) atoms. The van der Waals surface area contributed by atoms with E-state index in [-0.39, 0.29) is 10.8 Å². The second-order valence-electron chi connectivity index (χ2n) is 4.38. The molecule has 0 unspecified atom stereocenters. The fourth-order valence-corrected chi connectivity index (χ4v) is 2.38. The van der Waals surface area contributed by atoms with Gasteiger partial charge >= 0.3 is 5.97 Å². The van der Waals surface area contributed by atoms with Crippen LogP contribution in [0.1, 0.15) is 16.8 Å². The van der Waals surface area contributed by atoms with Crippen LogP contribution in [0.25, 0.3) is 0 Å². The molecule has 1 aliphatic heterocycles. The van der Waals surface area contributed by atoms with E-state index in [2.05, 4.69) is 0 Å². The summed E-state index contributed by atoms with van der Waals surface area (Å²) in [4.78, 5) is 13.1. The van der Waals surface area contributed by atoms with Gasteiger partial charge in [-0.15, -0.1) is 0 Å². The minimum absolute atomic E-state index is 0.0445. The summed E-state index contributed by atoms with van der Waals surface area (Å²) in [6.45, 7) is 2.15. The van der Waals surface area contributed by atoms with Gasteiger partial charge in [0.2, 0.25) is 0 Å². The fourth-order valence-electron chi connectivity index (χ4n) is 2.18. The Kier molecular flexibility index (Phi) is 4.67. The Balaban J connectivity index is 2.39. The summed E-state index contributed by atoms with van der Waals surface area (Å²) < 4.78 is 24.2. The Morgan fingerprint density at radius 3 is 3.05 bits per heavy atom. The highest BCUT2D eigenvalue weighted by molar-refractivity contribution is 6.31. The number of hydrogen-bond donors (Lipinski definition) is 1. The van der Waals surface area contributed by atoms with Crippen LogP contribution < -0.4 is 9.64 Å². The maximum atomic E-state index is 13.8. The highest BCUT2D eigenvalue weighted by atomic mass is 35.5. The summed E-state index contributed by atoms with van der Waals surface area (Å²) in [5.74, 6) is -2.31. The van der Waals surface area contributed by atoms with Crippen LogP contribution in [0.3, 0.4) is 0 Å². The van der Waals surface area contributed by atoms with Gasteiger partial charge in [-0.3, -0.25) is 0 Å². The quantitative estimate of drug-likeness (QED) is 0.847. The van der Waals surface area contributed by atoms with Gasteiger partial charge in [0.05, 0.1) is 17.3 Å². The summed E-state index contributed by atoms with van der Waals surface area (Å²) in [6, 6.07) is 1.41. The third-order valence-electron chi connectivity index (χ3n) is 3.09. The van der Waals surface area contributed by atoms with Crippen molar-refractivity contribution in [1.29, 1.82) is 0 Å². The number of anilines is 1. The number of fused-ring (bicyclic) bond motifs is 1. The van der Waals surface area contributed by atoms with E-state index >= 15 is 0 Å². The second kappa shape index (κ2) is 6.28. The molecule has 0 fully saturated rings. The lowest BCUT2D eigenvalue weighted by atomic mass is 10.1. The Bertz CT molecular complexity index is 524. The largest absolute Gasteiger partial charge is 0.489 e. The summed E-state index contributed by atoms with van der Waals surface area (Å²) in [7, 11) is 1.61. The third kappa shape index (κ3) is 2.81. The molecule has 0 saturated heterocycles. The number of hydrogen-bond acceptors (Lipinski definition) is 4. The molecule has 0 bridgehead atoms. The Morgan fingerprint density at radius 2 is 2.40 bits per heavy atom. The lowest BCUT2D eigenvalue weighted by Crippen LogP contribution is -2.35. The zero-order chi connectivity index (χ0) is 14.7. The number of carboxylic acid groups (broad SMARTS) is 1. The molecule has 0 radical (unpaired) electrons. The molecule has 0 aromatic heterocycles. The van der Waals surface area contributed by atoms with E-state index in [1.54, 1.807) is 7.11 Å². The number of carboxylic acids is 1. The van der Waals surface area contributed by atoms with Crippen molar-refractivity contribution < 1.29 is 23.8 Å². The summed E-state index contributed by atoms with van der Waals surface area (Å²) in [5, 5.41) is 8.91. The molecule has 1 aliphatic rings. The van der Waals surface area contributed by atoms with Gasteiger partial charge in [0.15, 0.2) is 11.6 Å². The van der Waals surface area contributed by atoms with E-state index in [1.165, 1.54) is 6.07 Å². The van der Waals surface area contributed by atoms with E-state index in [9.17, 15) is 9.18 Å². The molecular weight excluding hydrogens is 289 g/mol. The van der Waals surface area contributed by atoms with Gasteiger partial charge < -0.3 is 19.5 Å². The number of aromatic carboxylic acids is 1. The van der Waals surface area contributed by atoms with Crippen LogP contribution in [0, 0.1) is 5.82 Å². The highest BCUT2D eigenvalue weighted by Gasteiger charge is 2.29. The minimum atomic E-state index is -1.39. The number of rotatable bonds is 5. The molecule has 5 nitrogen and oxygen atoms in total. The zero-order valence-corrected chi connectivity index (χ0v) is 11.7. The van der Waals surface area contributed by atoms with E-state index in [4.69, 9.17) is 26.2 Å². The zero-order valence-electron chi connectivity index (χ0n) is 11.0. The molecule has 7 heteroatoms. The van der Waals surface area contributed by atoms with Gasteiger partial charge in [-0.2, -0.15) is 0 Å². The summed E-state index contributed by atoms with van der Waals surface area (Å²) >= 11 is 5.78. The van der Waals surface area contributed by atoms with Crippen LogP contribution in [-0.4, -0.2) is 44.5 Å². The van der Waals surface area contributed by atoms with Crippen molar-refractivity contribution in [3.05, 3.63) is 22.5 Å². The van der Waals surface area contributed by atoms with Crippen molar-refractivity contribution in [3.63, 3.8) is 0 Å². The first-order valence-electron chi connectivity index (χ1n) is 6.18. The Hall–Kier alpha value is -1.53. The number of nitrogens with zero attached hydrogens (tertiary/aromatic N) is 1. The number of carbonyl (C=O) groups is 1. The molecule has 0 aliphatic carbocycles. The molecule has 1 aromatic rings. The molecule has 0 amide bonds. The first-order chi connectivity index (χ1) is 9.56. The van der Waals surface area contributed by atoms with Crippen LogP contribution in [0.4, 0.5) is 10.1 Å². The van der Waals surface area contributed by atoms with Crippen molar-refractivity contribution in [3.8, 4) is 5.75 Å². The van der Waals surface area contributed by atoms with E-state index < -0.39 is 17.3 Å². The highest BCUT2D eigenvalue weighted by Crippen LogP contribution is 2.40. The van der Waals surface area contributed by atoms with E-state index in [0.717, 1.165) is 6.42 Å². The normalized spacial score (nSPS) is 13.8. The van der Waals surface area contributed by atoms with Crippen LogP contribution in [0.2, 0.25) is 5.02 Å². The molecule has 110 valence electrons. The topological polar surface area (TPSA) is 59.0 Å². The number of halogens is 2. The number of benzene rings is 1. The van der Waals surface area contributed by atoms with E-state index in [0.29, 0.717) is 32.0 Å². The summed E-state index contributed by atoms with van der Waals surface area (Å²) in [6.07, 6.45) is 0.771. The van der Waals surface area contributed by atoms with Crippen LogP contribution in [-0.2, 0) is 4.74 Å². The van der Waals surface area contributed by atoms with Crippen molar-refractivity contribution in [2.45, 2.75) is 6.42 Å². The number of methoxy groups -OCH3 is 1. The van der Waals surface area contributed by atoms with Crippen molar-refractivity contribution >= 4 is 23.3 Å². The lowest BCUT2D eigenvalue weighted by molar-refractivity contribution is 0.0686.